The van der Waals surface area contributed by atoms with Gasteiger partial charge in [-0.3, -0.25) is 0 Å². The van der Waals surface area contributed by atoms with Gasteiger partial charge in [0.05, 0.1) is 9.80 Å². The fourth-order valence-corrected chi connectivity index (χ4v) is 2.10. The smallest absolute Gasteiger partial charge is 0.203 e. The summed E-state index contributed by atoms with van der Waals surface area (Å²) in [5, 5.41) is 0. The van der Waals surface area contributed by atoms with Crippen LogP contribution in [-0.2, 0) is 9.84 Å². The second-order valence-electron chi connectivity index (χ2n) is 2.74. The van der Waals surface area contributed by atoms with Crippen molar-refractivity contribution in [2.24, 2.45) is 0 Å². The second-order valence-corrected chi connectivity index (χ2v) is 4.79. The summed E-state index contributed by atoms with van der Waals surface area (Å²) in [6.45, 7) is 3.46. The first-order valence-electron chi connectivity index (χ1n) is 4.00. The van der Waals surface area contributed by atoms with E-state index >= 15 is 0 Å². The number of benzene rings is 1. The van der Waals surface area contributed by atoms with Gasteiger partial charge in [0, 0.05) is 6.42 Å². The Morgan fingerprint density at radius 1 is 1.36 bits per heavy atom. The van der Waals surface area contributed by atoms with E-state index in [2.05, 4.69) is 12.5 Å². The molecular weight excluding hydrogens is 196 g/mol. The van der Waals surface area contributed by atoms with Crippen LogP contribution in [0.2, 0.25) is 0 Å². The number of rotatable bonds is 3. The summed E-state index contributed by atoms with van der Waals surface area (Å²) in [5.74, 6) is 2.26. The average molecular weight is 206 g/mol. The van der Waals surface area contributed by atoms with E-state index in [1.54, 1.807) is 18.2 Å². The van der Waals surface area contributed by atoms with Gasteiger partial charge in [0.1, 0.15) is 0 Å². The van der Waals surface area contributed by atoms with Crippen LogP contribution in [0.3, 0.4) is 0 Å². The number of allylic oxidation sites excluding steroid dienone is 1. The summed E-state index contributed by atoms with van der Waals surface area (Å²) in [6.07, 6.45) is 5.08. The molecule has 0 atom stereocenters. The molecule has 72 valence electrons. The summed E-state index contributed by atoms with van der Waals surface area (Å²) < 4.78 is 23.5. The zero-order chi connectivity index (χ0) is 10.6. The van der Waals surface area contributed by atoms with Crippen LogP contribution < -0.4 is 0 Å². The molecule has 0 unspecified atom stereocenters. The van der Waals surface area contributed by atoms with E-state index in [0.29, 0.717) is 0 Å². The Balaban J connectivity index is 3.11. The zero-order valence-corrected chi connectivity index (χ0v) is 8.42. The topological polar surface area (TPSA) is 34.1 Å². The Hall–Kier alpha value is -1.53. The largest absolute Gasteiger partial charge is 0.219 e. The maximum absolute atomic E-state index is 11.7. The van der Waals surface area contributed by atoms with E-state index < -0.39 is 9.84 Å². The zero-order valence-electron chi connectivity index (χ0n) is 7.60. The maximum atomic E-state index is 11.7. The molecule has 0 radical (unpaired) electrons. The van der Waals surface area contributed by atoms with E-state index in [1.807, 2.05) is 0 Å². The van der Waals surface area contributed by atoms with Gasteiger partial charge in [0.15, 0.2) is 0 Å². The molecule has 0 saturated heterocycles. The Labute approximate surface area is 84.2 Å². The van der Waals surface area contributed by atoms with Crippen LogP contribution in [0.4, 0.5) is 0 Å². The van der Waals surface area contributed by atoms with Crippen molar-refractivity contribution in [1.29, 1.82) is 0 Å². The fourth-order valence-electron chi connectivity index (χ4n) is 0.975. The van der Waals surface area contributed by atoms with Gasteiger partial charge in [0.2, 0.25) is 9.84 Å². The molecule has 0 aliphatic heterocycles. The van der Waals surface area contributed by atoms with Gasteiger partial charge in [-0.15, -0.1) is 12.3 Å². The van der Waals surface area contributed by atoms with Crippen LogP contribution in [0.1, 0.15) is 6.42 Å². The van der Waals surface area contributed by atoms with Crippen LogP contribution in [0.15, 0.2) is 46.7 Å². The van der Waals surface area contributed by atoms with Gasteiger partial charge in [-0.05, 0) is 12.1 Å². The maximum Gasteiger partial charge on any atom is 0.203 e. The lowest BCUT2D eigenvalue weighted by molar-refractivity contribution is 0.601. The third kappa shape index (κ3) is 2.04. The SMILES string of the molecule is C#CCC(=C)S(=O)(=O)c1ccccc1. The van der Waals surface area contributed by atoms with Crippen LogP contribution in [0.5, 0.6) is 0 Å². The normalized spacial score (nSPS) is 10.5. The second kappa shape index (κ2) is 4.12. The quantitative estimate of drug-likeness (QED) is 0.709. The Morgan fingerprint density at radius 2 is 1.93 bits per heavy atom. The van der Waals surface area contributed by atoms with E-state index in [4.69, 9.17) is 6.42 Å². The van der Waals surface area contributed by atoms with Crippen molar-refractivity contribution in [3.63, 3.8) is 0 Å². The van der Waals surface area contributed by atoms with Gasteiger partial charge in [-0.25, -0.2) is 8.42 Å². The lowest BCUT2D eigenvalue weighted by atomic mass is 10.4. The minimum Gasteiger partial charge on any atom is -0.219 e. The molecule has 0 amide bonds. The minimum absolute atomic E-state index is 0.0528. The molecule has 1 rings (SSSR count). The molecule has 0 heterocycles. The number of hydrogen-bond donors (Lipinski definition) is 0. The summed E-state index contributed by atoms with van der Waals surface area (Å²) in [4.78, 5) is 0.298. The lowest BCUT2D eigenvalue weighted by Gasteiger charge is -2.03. The van der Waals surface area contributed by atoms with Gasteiger partial charge in [-0.1, -0.05) is 24.8 Å². The first-order chi connectivity index (χ1) is 6.59. The predicted octanol–water partition coefficient (Wildman–Crippen LogP) is 2.00. The molecule has 0 N–H and O–H groups in total. The molecule has 0 aromatic heterocycles. The Kier molecular flexibility index (Phi) is 3.10. The fraction of sp³-hybridized carbons (Fsp3) is 0.0909. The highest BCUT2D eigenvalue weighted by molar-refractivity contribution is 7.95. The molecular formula is C11H10O2S. The van der Waals surface area contributed by atoms with Crippen LogP contribution >= 0.6 is 0 Å². The molecule has 0 fully saturated rings. The summed E-state index contributed by atoms with van der Waals surface area (Å²) in [6, 6.07) is 8.13. The van der Waals surface area contributed by atoms with Crippen molar-refractivity contribution in [1.82, 2.24) is 0 Å². The number of hydrogen-bond acceptors (Lipinski definition) is 2. The first kappa shape index (κ1) is 10.6. The van der Waals surface area contributed by atoms with Crippen molar-refractivity contribution in [3.8, 4) is 12.3 Å². The highest BCUT2D eigenvalue weighted by atomic mass is 32.2. The Bertz CT molecular complexity index is 464. The minimum atomic E-state index is -3.44. The van der Waals surface area contributed by atoms with Crippen molar-refractivity contribution in [2.75, 3.05) is 0 Å². The van der Waals surface area contributed by atoms with E-state index in [9.17, 15) is 8.42 Å². The molecule has 1 aromatic rings. The molecule has 0 aliphatic carbocycles. The van der Waals surface area contributed by atoms with E-state index in [0.717, 1.165) is 0 Å². The molecule has 0 saturated carbocycles. The molecule has 2 nitrogen and oxygen atoms in total. The standard InChI is InChI=1S/C11H10O2S/c1-3-7-10(2)14(12,13)11-8-5-4-6-9-11/h1,4-6,8-9H,2,7H2. The third-order valence-corrected chi connectivity index (χ3v) is 3.53. The first-order valence-corrected chi connectivity index (χ1v) is 5.48. The number of terminal acetylenes is 1. The van der Waals surface area contributed by atoms with Crippen molar-refractivity contribution in [2.45, 2.75) is 11.3 Å². The van der Waals surface area contributed by atoms with Crippen molar-refractivity contribution < 1.29 is 8.42 Å². The summed E-state index contributed by atoms with van der Waals surface area (Å²) in [7, 11) is -3.44. The third-order valence-electron chi connectivity index (χ3n) is 1.73. The molecule has 1 aromatic carbocycles. The van der Waals surface area contributed by atoms with Crippen LogP contribution in [0.25, 0.3) is 0 Å². The average Bonchev–Trinajstić information content (AvgIpc) is 2.19. The molecule has 0 bridgehead atoms. The highest BCUT2D eigenvalue weighted by Crippen LogP contribution is 2.19. The molecule has 14 heavy (non-hydrogen) atoms. The summed E-state index contributed by atoms with van der Waals surface area (Å²) in [5.41, 5.74) is 0. The van der Waals surface area contributed by atoms with Gasteiger partial charge in [-0.2, -0.15) is 0 Å². The monoisotopic (exact) mass is 206 g/mol. The summed E-state index contributed by atoms with van der Waals surface area (Å²) >= 11 is 0. The van der Waals surface area contributed by atoms with Gasteiger partial charge in [0.25, 0.3) is 0 Å². The predicted molar refractivity (Wildman–Crippen MR) is 56.2 cm³/mol. The molecule has 0 aliphatic rings. The number of sulfone groups is 1. The van der Waals surface area contributed by atoms with Crippen LogP contribution in [0, 0.1) is 12.3 Å². The molecule has 3 heteroatoms. The Morgan fingerprint density at radius 3 is 2.43 bits per heavy atom. The van der Waals surface area contributed by atoms with Crippen LogP contribution in [-0.4, -0.2) is 8.42 Å². The van der Waals surface area contributed by atoms with E-state index in [-0.39, 0.29) is 16.2 Å². The highest BCUT2D eigenvalue weighted by Gasteiger charge is 2.16. The van der Waals surface area contributed by atoms with Gasteiger partial charge >= 0.3 is 0 Å². The van der Waals surface area contributed by atoms with Crippen molar-refractivity contribution in [3.05, 3.63) is 41.8 Å². The van der Waals surface area contributed by atoms with E-state index in [1.165, 1.54) is 12.1 Å². The van der Waals surface area contributed by atoms with Gasteiger partial charge < -0.3 is 0 Å². The van der Waals surface area contributed by atoms with Crippen molar-refractivity contribution >= 4 is 9.84 Å². The lowest BCUT2D eigenvalue weighted by Crippen LogP contribution is -2.02. The molecule has 0 spiro atoms.